The molecule has 0 aromatic carbocycles. The Morgan fingerprint density at radius 1 is 1.46 bits per heavy atom. The number of allylic oxidation sites excluding steroid dienone is 4. The molecule has 0 saturated carbocycles. The van der Waals surface area contributed by atoms with Crippen molar-refractivity contribution >= 4 is 5.57 Å². The maximum absolute atomic E-state index is 3.90. The summed E-state index contributed by atoms with van der Waals surface area (Å²) in [5, 5.41) is 13.7. The van der Waals surface area contributed by atoms with E-state index < -0.39 is 0 Å². The molecule has 0 aliphatic rings. The van der Waals surface area contributed by atoms with Gasteiger partial charge in [0.15, 0.2) is 0 Å². The molecule has 0 radical (unpaired) electrons. The molecule has 70 valence electrons. The van der Waals surface area contributed by atoms with Gasteiger partial charge in [0.2, 0.25) is 5.82 Å². The van der Waals surface area contributed by atoms with Gasteiger partial charge in [0.05, 0.1) is 0 Å². The van der Waals surface area contributed by atoms with Crippen molar-refractivity contribution in [3.63, 3.8) is 0 Å². The summed E-state index contributed by atoms with van der Waals surface area (Å²) < 4.78 is 0. The lowest BCUT2D eigenvalue weighted by atomic mass is 10.1. The third kappa shape index (κ3) is 2.82. The SMILES string of the molecule is C/C=C(\C=C/C(C)C)c1nn[nH]n1. The van der Waals surface area contributed by atoms with Gasteiger partial charge in [0.1, 0.15) is 0 Å². The Bertz CT molecular complexity index is 295. The van der Waals surface area contributed by atoms with E-state index >= 15 is 0 Å². The average Bonchev–Trinajstić information content (AvgIpc) is 2.58. The largest absolute Gasteiger partial charge is 0.204 e. The van der Waals surface area contributed by atoms with Crippen LogP contribution in [0.3, 0.4) is 0 Å². The van der Waals surface area contributed by atoms with E-state index in [1.54, 1.807) is 0 Å². The summed E-state index contributed by atoms with van der Waals surface area (Å²) in [7, 11) is 0. The first-order valence-corrected chi connectivity index (χ1v) is 4.32. The molecule has 0 saturated heterocycles. The van der Waals surface area contributed by atoms with E-state index in [2.05, 4.69) is 40.5 Å². The molecular weight excluding hydrogens is 164 g/mol. The fourth-order valence-electron chi connectivity index (χ4n) is 0.880. The second kappa shape index (κ2) is 4.54. The maximum atomic E-state index is 3.90. The van der Waals surface area contributed by atoms with Crippen LogP contribution < -0.4 is 0 Å². The minimum Gasteiger partial charge on any atom is -0.177 e. The number of nitrogens with zero attached hydrogens (tertiary/aromatic N) is 3. The van der Waals surface area contributed by atoms with Crippen LogP contribution in [0.15, 0.2) is 18.2 Å². The Labute approximate surface area is 77.7 Å². The zero-order chi connectivity index (χ0) is 9.68. The van der Waals surface area contributed by atoms with Crippen molar-refractivity contribution in [3.05, 3.63) is 24.1 Å². The molecule has 1 N–H and O–H groups in total. The molecule has 0 unspecified atom stereocenters. The van der Waals surface area contributed by atoms with Gasteiger partial charge < -0.3 is 0 Å². The van der Waals surface area contributed by atoms with E-state index in [0.29, 0.717) is 11.7 Å². The van der Waals surface area contributed by atoms with Gasteiger partial charge in [-0.1, -0.05) is 32.1 Å². The van der Waals surface area contributed by atoms with Crippen LogP contribution in [0.2, 0.25) is 0 Å². The summed E-state index contributed by atoms with van der Waals surface area (Å²) in [5.74, 6) is 1.17. The van der Waals surface area contributed by atoms with Gasteiger partial charge in [-0.3, -0.25) is 0 Å². The van der Waals surface area contributed by atoms with Crippen LogP contribution in [0.5, 0.6) is 0 Å². The van der Waals surface area contributed by atoms with Crippen molar-refractivity contribution in [2.75, 3.05) is 0 Å². The molecule has 0 atom stereocenters. The van der Waals surface area contributed by atoms with Crippen molar-refractivity contribution in [1.82, 2.24) is 20.6 Å². The lowest BCUT2D eigenvalue weighted by molar-refractivity contribution is 0.832. The quantitative estimate of drug-likeness (QED) is 0.718. The molecule has 0 aliphatic carbocycles. The predicted molar refractivity (Wildman–Crippen MR) is 51.8 cm³/mol. The molecule has 0 amide bonds. The molecule has 1 heterocycles. The minimum atomic E-state index is 0.529. The Morgan fingerprint density at radius 3 is 2.69 bits per heavy atom. The van der Waals surface area contributed by atoms with E-state index in [4.69, 9.17) is 0 Å². The summed E-state index contributed by atoms with van der Waals surface area (Å²) in [6.07, 6.45) is 6.07. The monoisotopic (exact) mass is 178 g/mol. The number of rotatable bonds is 3. The molecule has 1 rings (SSSR count). The fourth-order valence-corrected chi connectivity index (χ4v) is 0.880. The number of H-pyrrole nitrogens is 1. The van der Waals surface area contributed by atoms with Crippen LogP contribution in [0.1, 0.15) is 26.6 Å². The molecule has 0 fully saturated rings. The normalized spacial score (nSPS) is 13.1. The summed E-state index contributed by atoms with van der Waals surface area (Å²) in [4.78, 5) is 0. The topological polar surface area (TPSA) is 54.5 Å². The molecular formula is C9H14N4. The van der Waals surface area contributed by atoms with Crippen LogP contribution >= 0.6 is 0 Å². The molecule has 0 bridgehead atoms. The van der Waals surface area contributed by atoms with Crippen LogP contribution in [-0.4, -0.2) is 20.6 Å². The Hall–Kier alpha value is -1.45. The number of nitrogens with one attached hydrogen (secondary N) is 1. The average molecular weight is 178 g/mol. The van der Waals surface area contributed by atoms with Crippen molar-refractivity contribution < 1.29 is 0 Å². The van der Waals surface area contributed by atoms with Crippen LogP contribution in [0.25, 0.3) is 5.57 Å². The second-order valence-corrected chi connectivity index (χ2v) is 3.08. The third-order valence-corrected chi connectivity index (χ3v) is 1.58. The smallest absolute Gasteiger partial charge is 0.177 e. The zero-order valence-electron chi connectivity index (χ0n) is 8.15. The van der Waals surface area contributed by atoms with Crippen LogP contribution in [0.4, 0.5) is 0 Å². The summed E-state index contributed by atoms with van der Waals surface area (Å²) >= 11 is 0. The number of tetrazole rings is 1. The van der Waals surface area contributed by atoms with Crippen molar-refractivity contribution in [2.45, 2.75) is 20.8 Å². The molecule has 0 spiro atoms. The standard InChI is InChI=1S/C9H14N4/c1-4-8(6-5-7(2)3)9-10-12-13-11-9/h4-7H,1-3H3,(H,10,11,12,13)/b6-5-,8-4+. The minimum absolute atomic E-state index is 0.529. The van der Waals surface area contributed by atoms with E-state index in [0.717, 1.165) is 5.57 Å². The predicted octanol–water partition coefficient (Wildman–Crippen LogP) is 1.82. The Balaban J connectivity index is 2.77. The molecule has 0 aliphatic heterocycles. The first-order chi connectivity index (χ1) is 6.24. The molecule has 1 aromatic heterocycles. The van der Waals surface area contributed by atoms with Gasteiger partial charge in [-0.2, -0.15) is 5.21 Å². The maximum Gasteiger partial charge on any atom is 0.204 e. The van der Waals surface area contributed by atoms with Gasteiger partial charge in [0, 0.05) is 5.57 Å². The lowest BCUT2D eigenvalue weighted by Gasteiger charge is -1.95. The van der Waals surface area contributed by atoms with E-state index in [-0.39, 0.29) is 0 Å². The summed E-state index contributed by atoms with van der Waals surface area (Å²) in [6.45, 7) is 6.20. The van der Waals surface area contributed by atoms with Crippen molar-refractivity contribution in [2.24, 2.45) is 5.92 Å². The molecule has 1 aromatic rings. The zero-order valence-corrected chi connectivity index (χ0v) is 8.15. The Kier molecular flexibility index (Phi) is 3.37. The first-order valence-electron chi connectivity index (χ1n) is 4.32. The summed E-state index contributed by atoms with van der Waals surface area (Å²) in [5.41, 5.74) is 0.988. The second-order valence-electron chi connectivity index (χ2n) is 3.08. The van der Waals surface area contributed by atoms with Crippen molar-refractivity contribution in [3.8, 4) is 0 Å². The van der Waals surface area contributed by atoms with Gasteiger partial charge in [0.25, 0.3) is 0 Å². The van der Waals surface area contributed by atoms with E-state index in [9.17, 15) is 0 Å². The van der Waals surface area contributed by atoms with Gasteiger partial charge in [-0.05, 0) is 18.1 Å². The Morgan fingerprint density at radius 2 is 2.23 bits per heavy atom. The third-order valence-electron chi connectivity index (χ3n) is 1.58. The highest BCUT2D eigenvalue weighted by atomic mass is 15.5. The summed E-state index contributed by atoms with van der Waals surface area (Å²) in [6, 6.07) is 0. The van der Waals surface area contributed by atoms with Gasteiger partial charge in [-0.15, -0.1) is 10.2 Å². The number of hydrogen-bond donors (Lipinski definition) is 1. The van der Waals surface area contributed by atoms with Crippen LogP contribution in [-0.2, 0) is 0 Å². The lowest BCUT2D eigenvalue weighted by Crippen LogP contribution is -1.85. The first kappa shape index (κ1) is 9.64. The highest BCUT2D eigenvalue weighted by Gasteiger charge is 2.00. The van der Waals surface area contributed by atoms with Gasteiger partial charge >= 0.3 is 0 Å². The molecule has 13 heavy (non-hydrogen) atoms. The molecule has 4 heteroatoms. The van der Waals surface area contributed by atoms with E-state index in [1.807, 2.05) is 19.1 Å². The highest BCUT2D eigenvalue weighted by Crippen LogP contribution is 2.10. The van der Waals surface area contributed by atoms with Crippen molar-refractivity contribution in [1.29, 1.82) is 0 Å². The number of hydrogen-bond acceptors (Lipinski definition) is 3. The fraction of sp³-hybridized carbons (Fsp3) is 0.444. The van der Waals surface area contributed by atoms with E-state index in [1.165, 1.54) is 0 Å². The van der Waals surface area contributed by atoms with Gasteiger partial charge in [-0.25, -0.2) is 0 Å². The highest BCUT2D eigenvalue weighted by molar-refractivity contribution is 5.68. The number of aromatic amines is 1. The van der Waals surface area contributed by atoms with Crippen LogP contribution in [0, 0.1) is 5.92 Å². The number of aromatic nitrogens is 4. The molecule has 4 nitrogen and oxygen atoms in total.